The van der Waals surface area contributed by atoms with Crippen molar-refractivity contribution in [2.45, 2.75) is 34.0 Å². The summed E-state index contributed by atoms with van der Waals surface area (Å²) in [6.07, 6.45) is 0. The Bertz CT molecular complexity index is 1150. The number of fused-ring (bicyclic) bond motifs is 2. The molecule has 4 rings (SSSR count). The minimum atomic E-state index is -6.09. The fourth-order valence-electron chi connectivity index (χ4n) is 2.83. The Morgan fingerprint density at radius 2 is 1.36 bits per heavy atom. The Labute approximate surface area is 193 Å². The van der Waals surface area contributed by atoms with Crippen LogP contribution in [-0.2, 0) is 21.0 Å². The highest BCUT2D eigenvalue weighted by atomic mass is 32.2. The Kier molecular flexibility index (Phi) is 7.61. The maximum atomic E-state index is 10.7. The van der Waals surface area contributed by atoms with Gasteiger partial charge >= 0.3 is 5.51 Å². The summed E-state index contributed by atoms with van der Waals surface area (Å²) in [7, 11) is -6.25. The largest absolute Gasteiger partial charge is 0.741 e. The second kappa shape index (κ2) is 10.1. The molecule has 176 valence electrons. The summed E-state index contributed by atoms with van der Waals surface area (Å²) in [4.78, 5) is 3.74. The average molecular weight is 499 g/mol. The maximum absolute atomic E-state index is 10.7. The molecule has 1 aliphatic heterocycles. The summed E-state index contributed by atoms with van der Waals surface area (Å²) in [6, 6.07) is 25.1. The molecule has 1 heterocycles. The van der Waals surface area contributed by atoms with E-state index in [1.807, 2.05) is 24.3 Å². The summed E-state index contributed by atoms with van der Waals surface area (Å²) >= 11 is 0. The zero-order valence-corrected chi connectivity index (χ0v) is 19.3. The van der Waals surface area contributed by atoms with Crippen molar-refractivity contribution in [1.29, 1.82) is 0 Å². The Morgan fingerprint density at radius 3 is 1.79 bits per heavy atom. The summed E-state index contributed by atoms with van der Waals surface area (Å²) in [5, 5.41) is 0. The number of benzene rings is 3. The second-order valence-electron chi connectivity index (χ2n) is 7.38. The minimum absolute atomic E-state index is 0.159. The van der Waals surface area contributed by atoms with E-state index in [0.29, 0.717) is 5.92 Å². The van der Waals surface area contributed by atoms with E-state index >= 15 is 0 Å². The molecule has 0 unspecified atom stereocenters. The van der Waals surface area contributed by atoms with Crippen LogP contribution < -0.4 is 9.47 Å². The zero-order chi connectivity index (χ0) is 24.2. The van der Waals surface area contributed by atoms with Crippen LogP contribution >= 0.6 is 0 Å². The molecule has 0 atom stereocenters. The van der Waals surface area contributed by atoms with Gasteiger partial charge in [-0.2, -0.15) is 13.2 Å². The molecule has 5 nitrogen and oxygen atoms in total. The molecule has 10 heteroatoms. The standard InChI is InChI=1S/C22H21O2S.CHF3O3S/c1-16(2)15-23-17-11-13-18(14-12-17)25-21-9-5-3-7-19(21)24-20-8-4-6-10-22(20)25;2-1(3,4)8(5,6)7/h3-14,16H,15H2,1-2H3;(H,5,6,7)/q+1;/p-1. The van der Waals surface area contributed by atoms with Crippen LogP contribution in [0.1, 0.15) is 13.8 Å². The molecule has 0 radical (unpaired) electrons. The summed E-state index contributed by atoms with van der Waals surface area (Å²) < 4.78 is 70.8. The molecule has 3 aromatic carbocycles. The van der Waals surface area contributed by atoms with Gasteiger partial charge in [0.25, 0.3) is 0 Å². The third-order valence-electron chi connectivity index (χ3n) is 4.28. The third kappa shape index (κ3) is 6.21. The zero-order valence-electron chi connectivity index (χ0n) is 17.7. The van der Waals surface area contributed by atoms with Gasteiger partial charge in [-0.15, -0.1) is 0 Å². The van der Waals surface area contributed by atoms with Crippen molar-refractivity contribution in [1.82, 2.24) is 0 Å². The predicted octanol–water partition coefficient (Wildman–Crippen LogP) is 5.97. The van der Waals surface area contributed by atoms with Gasteiger partial charge in [-0.25, -0.2) is 8.42 Å². The minimum Gasteiger partial charge on any atom is -0.741 e. The van der Waals surface area contributed by atoms with Crippen LogP contribution in [0.2, 0.25) is 0 Å². The van der Waals surface area contributed by atoms with Gasteiger partial charge in [-0.05, 0) is 54.4 Å². The first-order valence-electron chi connectivity index (χ1n) is 9.82. The quantitative estimate of drug-likeness (QED) is 0.197. The van der Waals surface area contributed by atoms with Crippen LogP contribution in [0.15, 0.2) is 87.5 Å². The van der Waals surface area contributed by atoms with E-state index in [0.717, 1.165) is 23.9 Å². The van der Waals surface area contributed by atoms with Crippen molar-refractivity contribution < 1.29 is 35.6 Å². The lowest BCUT2D eigenvalue weighted by molar-refractivity contribution is -0.0517. The van der Waals surface area contributed by atoms with Crippen molar-refractivity contribution in [2.24, 2.45) is 5.92 Å². The maximum Gasteiger partial charge on any atom is 0.485 e. The molecule has 0 amide bonds. The van der Waals surface area contributed by atoms with E-state index in [2.05, 4.69) is 62.4 Å². The molecule has 0 saturated heterocycles. The Balaban J connectivity index is 0.000000331. The summed E-state index contributed by atoms with van der Waals surface area (Å²) in [5.41, 5.74) is -5.65. The molecule has 0 aromatic heterocycles. The lowest BCUT2D eigenvalue weighted by atomic mass is 10.2. The van der Waals surface area contributed by atoms with Gasteiger partial charge in [-0.3, -0.25) is 0 Å². The highest BCUT2D eigenvalue weighted by molar-refractivity contribution is 7.97. The van der Waals surface area contributed by atoms with E-state index in [9.17, 15) is 13.2 Å². The first kappa shape index (κ1) is 24.9. The molecule has 1 aliphatic rings. The molecule has 0 bridgehead atoms. The number of rotatable bonds is 4. The molecule has 0 N–H and O–H groups in total. The van der Waals surface area contributed by atoms with E-state index in [1.54, 1.807) is 0 Å². The van der Waals surface area contributed by atoms with Crippen molar-refractivity contribution in [3.63, 3.8) is 0 Å². The topological polar surface area (TPSA) is 75.7 Å². The molecule has 3 aromatic rings. The van der Waals surface area contributed by atoms with E-state index < -0.39 is 15.6 Å². The molecule has 33 heavy (non-hydrogen) atoms. The van der Waals surface area contributed by atoms with Crippen LogP contribution in [0.4, 0.5) is 13.2 Å². The predicted molar refractivity (Wildman–Crippen MR) is 118 cm³/mol. The normalized spacial score (nSPS) is 13.3. The van der Waals surface area contributed by atoms with Crippen LogP contribution in [0.25, 0.3) is 0 Å². The van der Waals surface area contributed by atoms with E-state index in [1.165, 1.54) is 14.7 Å². The molecule has 0 spiro atoms. The monoisotopic (exact) mass is 498 g/mol. The molecule has 0 saturated carbocycles. The first-order chi connectivity index (χ1) is 15.5. The summed E-state index contributed by atoms with van der Waals surface area (Å²) in [5.74, 6) is 3.35. The third-order valence-corrected chi connectivity index (χ3v) is 7.15. The number of hydrogen-bond acceptors (Lipinski definition) is 5. The lowest BCUT2D eigenvalue weighted by Gasteiger charge is -2.19. The molecular formula is C23H21F3O5S2. The van der Waals surface area contributed by atoms with Crippen molar-refractivity contribution in [3.8, 4) is 17.2 Å². The number of alkyl halides is 3. The van der Waals surface area contributed by atoms with Gasteiger partial charge in [-0.1, -0.05) is 38.1 Å². The van der Waals surface area contributed by atoms with Crippen LogP contribution in [0.5, 0.6) is 17.2 Å². The van der Waals surface area contributed by atoms with Crippen molar-refractivity contribution >= 4 is 21.0 Å². The number of halogens is 3. The Hall–Kier alpha value is -2.69. The fourth-order valence-corrected chi connectivity index (χ4v) is 5.04. The van der Waals surface area contributed by atoms with Crippen molar-refractivity contribution in [2.75, 3.05) is 6.61 Å². The molecular weight excluding hydrogens is 477 g/mol. The van der Waals surface area contributed by atoms with Gasteiger partial charge in [0.15, 0.2) is 26.5 Å². The average Bonchev–Trinajstić information content (AvgIpc) is 2.75. The van der Waals surface area contributed by atoms with E-state index in [-0.39, 0.29) is 10.9 Å². The van der Waals surface area contributed by atoms with Crippen LogP contribution in [-0.4, -0.2) is 25.1 Å². The number of para-hydroxylation sites is 2. The smallest absolute Gasteiger partial charge is 0.485 e. The lowest BCUT2D eigenvalue weighted by Crippen LogP contribution is -2.21. The molecule has 0 aliphatic carbocycles. The SMILES string of the molecule is CC(C)COc1ccc([S+]2c3ccccc3Oc3ccccc32)cc1.O=S(=O)([O-])C(F)(F)F. The first-order valence-corrected chi connectivity index (χ1v) is 12.5. The van der Waals surface area contributed by atoms with Crippen molar-refractivity contribution in [3.05, 3.63) is 72.8 Å². The van der Waals surface area contributed by atoms with Gasteiger partial charge in [0.2, 0.25) is 9.79 Å². The highest BCUT2D eigenvalue weighted by Gasteiger charge is 2.39. The van der Waals surface area contributed by atoms with Gasteiger partial charge < -0.3 is 14.0 Å². The van der Waals surface area contributed by atoms with Gasteiger partial charge in [0.1, 0.15) is 16.6 Å². The highest BCUT2D eigenvalue weighted by Crippen LogP contribution is 2.46. The number of ether oxygens (including phenoxy) is 2. The van der Waals surface area contributed by atoms with Crippen LogP contribution in [0.3, 0.4) is 0 Å². The Morgan fingerprint density at radius 1 is 0.909 bits per heavy atom. The molecule has 0 fully saturated rings. The second-order valence-corrected chi connectivity index (χ2v) is 10.7. The van der Waals surface area contributed by atoms with Gasteiger partial charge in [0, 0.05) is 0 Å². The fraction of sp³-hybridized carbons (Fsp3) is 0.217. The summed E-state index contributed by atoms with van der Waals surface area (Å²) in [6.45, 7) is 5.06. The van der Waals surface area contributed by atoms with Gasteiger partial charge in [0.05, 0.1) is 6.61 Å². The van der Waals surface area contributed by atoms with E-state index in [4.69, 9.17) is 22.4 Å². The number of hydrogen-bond donors (Lipinski definition) is 0. The van der Waals surface area contributed by atoms with Crippen LogP contribution in [0, 0.1) is 5.92 Å².